The van der Waals surface area contributed by atoms with E-state index in [0.717, 1.165) is 0 Å². The van der Waals surface area contributed by atoms with Crippen molar-refractivity contribution in [1.82, 2.24) is 0 Å². The molecular formula is C10H19OP. The van der Waals surface area contributed by atoms with Crippen LogP contribution >= 0.6 is 7.92 Å². The van der Waals surface area contributed by atoms with Crippen molar-refractivity contribution in [2.75, 3.05) is 6.66 Å². The zero-order valence-corrected chi connectivity index (χ0v) is 9.83. The van der Waals surface area contributed by atoms with Gasteiger partial charge in [-0.25, -0.2) is 0 Å². The first kappa shape index (κ1) is 10.2. The minimum atomic E-state index is -0.402. The molecule has 0 N–H and O–H groups in total. The largest absolute Gasteiger partial charge is 0.294 e. The lowest BCUT2D eigenvalue weighted by molar-refractivity contribution is -0.122. The van der Waals surface area contributed by atoms with Gasteiger partial charge in [-0.2, -0.15) is 0 Å². The van der Waals surface area contributed by atoms with Gasteiger partial charge in [-0.05, 0) is 25.7 Å². The Kier molecular flexibility index (Phi) is 2.16. The van der Waals surface area contributed by atoms with Gasteiger partial charge in [0.1, 0.15) is 0 Å². The van der Waals surface area contributed by atoms with Crippen molar-refractivity contribution < 1.29 is 4.79 Å². The Bertz CT molecular complexity index is 218. The molecule has 0 aliphatic carbocycles. The van der Waals surface area contributed by atoms with Crippen LogP contribution in [-0.4, -0.2) is 17.8 Å². The normalized spacial score (nSPS) is 38.7. The van der Waals surface area contributed by atoms with Crippen molar-refractivity contribution in [2.45, 2.75) is 40.3 Å². The highest BCUT2D eigenvalue weighted by molar-refractivity contribution is 7.75. The second-order valence-corrected chi connectivity index (χ2v) is 7.34. The van der Waals surface area contributed by atoms with Crippen LogP contribution in [0.3, 0.4) is 0 Å². The highest BCUT2D eigenvalue weighted by Crippen LogP contribution is 2.65. The molecule has 0 spiro atoms. The van der Waals surface area contributed by atoms with E-state index in [0.29, 0.717) is 11.2 Å². The molecule has 0 aromatic rings. The van der Waals surface area contributed by atoms with Crippen LogP contribution in [0.1, 0.15) is 34.6 Å². The van der Waals surface area contributed by atoms with Gasteiger partial charge in [0.15, 0.2) is 5.52 Å². The van der Waals surface area contributed by atoms with Gasteiger partial charge < -0.3 is 0 Å². The zero-order chi connectivity index (χ0) is 9.73. The molecule has 1 rings (SSSR count). The lowest BCUT2D eigenvalue weighted by Crippen LogP contribution is -2.35. The molecule has 0 bridgehead atoms. The Morgan fingerprint density at radius 2 is 1.67 bits per heavy atom. The van der Waals surface area contributed by atoms with Crippen molar-refractivity contribution >= 4 is 13.4 Å². The van der Waals surface area contributed by atoms with E-state index in [2.05, 4.69) is 41.3 Å². The highest BCUT2D eigenvalue weighted by Gasteiger charge is 2.56. The Labute approximate surface area is 76.7 Å². The summed E-state index contributed by atoms with van der Waals surface area (Å²) >= 11 is 0. The van der Waals surface area contributed by atoms with E-state index >= 15 is 0 Å². The summed E-state index contributed by atoms with van der Waals surface area (Å²) in [5.74, 6) is 0. The number of carbonyl (C=O) groups is 1. The number of hydrogen-bond donors (Lipinski definition) is 0. The van der Waals surface area contributed by atoms with Gasteiger partial charge in [-0.3, -0.25) is 4.79 Å². The SMILES string of the molecule is CC1P(C)C(=O)C(C)(C)C1(C)C. The fraction of sp³-hybridized carbons (Fsp3) is 0.900. The lowest BCUT2D eigenvalue weighted by Gasteiger charge is -2.35. The van der Waals surface area contributed by atoms with Gasteiger partial charge in [0.25, 0.3) is 0 Å². The van der Waals surface area contributed by atoms with E-state index in [-0.39, 0.29) is 10.8 Å². The molecule has 2 heteroatoms. The monoisotopic (exact) mass is 186 g/mol. The first-order chi connectivity index (χ1) is 5.23. The first-order valence-corrected chi connectivity index (χ1v) is 6.36. The molecule has 12 heavy (non-hydrogen) atoms. The molecule has 2 atom stereocenters. The third kappa shape index (κ3) is 0.988. The molecule has 1 aliphatic heterocycles. The molecule has 0 amide bonds. The molecule has 0 aromatic heterocycles. The van der Waals surface area contributed by atoms with Gasteiger partial charge in [-0.1, -0.05) is 34.6 Å². The molecule has 70 valence electrons. The number of rotatable bonds is 0. The van der Waals surface area contributed by atoms with Crippen LogP contribution in [0.15, 0.2) is 0 Å². The molecular weight excluding hydrogens is 167 g/mol. The Balaban J connectivity index is 3.14. The summed E-state index contributed by atoms with van der Waals surface area (Å²) in [4.78, 5) is 11.9. The Hall–Kier alpha value is 0.100. The molecule has 1 nitrogen and oxygen atoms in total. The summed E-state index contributed by atoms with van der Waals surface area (Å²) in [6.07, 6.45) is 0. The van der Waals surface area contributed by atoms with Gasteiger partial charge in [0.2, 0.25) is 0 Å². The minimum absolute atomic E-state index is 0.118. The van der Waals surface area contributed by atoms with Crippen LogP contribution in [0.4, 0.5) is 0 Å². The molecule has 1 fully saturated rings. The smallest absolute Gasteiger partial charge is 0.160 e. The maximum atomic E-state index is 11.9. The maximum Gasteiger partial charge on any atom is 0.160 e. The predicted octanol–water partition coefficient (Wildman–Crippen LogP) is 3.08. The quantitative estimate of drug-likeness (QED) is 0.531. The van der Waals surface area contributed by atoms with Gasteiger partial charge in [0.05, 0.1) is 0 Å². The van der Waals surface area contributed by atoms with E-state index in [4.69, 9.17) is 0 Å². The van der Waals surface area contributed by atoms with Gasteiger partial charge in [0, 0.05) is 5.41 Å². The molecule has 1 saturated heterocycles. The second kappa shape index (κ2) is 2.54. The summed E-state index contributed by atoms with van der Waals surface area (Å²) in [7, 11) is -0.402. The molecule has 2 unspecified atom stereocenters. The highest BCUT2D eigenvalue weighted by atomic mass is 31.1. The van der Waals surface area contributed by atoms with Crippen molar-refractivity contribution in [3.8, 4) is 0 Å². The summed E-state index contributed by atoms with van der Waals surface area (Å²) in [5.41, 5.74) is 1.11. The molecule has 1 aliphatic rings. The van der Waals surface area contributed by atoms with Crippen LogP contribution in [0.25, 0.3) is 0 Å². The van der Waals surface area contributed by atoms with Crippen LogP contribution in [0.2, 0.25) is 0 Å². The number of carbonyl (C=O) groups excluding carboxylic acids is 1. The average molecular weight is 186 g/mol. The van der Waals surface area contributed by atoms with Crippen LogP contribution in [0, 0.1) is 10.8 Å². The summed E-state index contributed by atoms with van der Waals surface area (Å²) in [6, 6.07) is 0. The van der Waals surface area contributed by atoms with Gasteiger partial charge in [-0.15, -0.1) is 0 Å². The summed E-state index contributed by atoms with van der Waals surface area (Å²) < 4.78 is 0. The zero-order valence-electron chi connectivity index (χ0n) is 8.93. The fourth-order valence-corrected chi connectivity index (χ4v) is 4.71. The van der Waals surface area contributed by atoms with Crippen LogP contribution in [-0.2, 0) is 4.79 Å². The van der Waals surface area contributed by atoms with Crippen LogP contribution in [0.5, 0.6) is 0 Å². The Morgan fingerprint density at radius 1 is 1.25 bits per heavy atom. The van der Waals surface area contributed by atoms with Gasteiger partial charge >= 0.3 is 0 Å². The van der Waals surface area contributed by atoms with Crippen molar-refractivity contribution in [2.24, 2.45) is 10.8 Å². The molecule has 0 saturated carbocycles. The van der Waals surface area contributed by atoms with Crippen molar-refractivity contribution in [3.05, 3.63) is 0 Å². The van der Waals surface area contributed by atoms with Crippen LogP contribution < -0.4 is 0 Å². The van der Waals surface area contributed by atoms with E-state index in [1.54, 1.807) is 0 Å². The van der Waals surface area contributed by atoms with E-state index in [9.17, 15) is 4.79 Å². The third-order valence-electron chi connectivity index (χ3n) is 4.09. The van der Waals surface area contributed by atoms with E-state index in [1.165, 1.54) is 0 Å². The minimum Gasteiger partial charge on any atom is -0.294 e. The summed E-state index contributed by atoms with van der Waals surface area (Å²) in [5, 5.41) is 0. The maximum absolute atomic E-state index is 11.9. The third-order valence-corrected chi connectivity index (χ3v) is 7.10. The fourth-order valence-electron chi connectivity index (χ4n) is 1.90. The Morgan fingerprint density at radius 3 is 1.75 bits per heavy atom. The lowest BCUT2D eigenvalue weighted by atomic mass is 9.67. The van der Waals surface area contributed by atoms with E-state index in [1.807, 2.05) is 0 Å². The van der Waals surface area contributed by atoms with Crippen molar-refractivity contribution in [1.29, 1.82) is 0 Å². The summed E-state index contributed by atoms with van der Waals surface area (Å²) in [6.45, 7) is 13.0. The molecule has 0 aromatic carbocycles. The molecule has 1 heterocycles. The van der Waals surface area contributed by atoms with E-state index < -0.39 is 7.92 Å². The standard InChI is InChI=1S/C10H19OP/c1-7-9(2,3)10(4,5)8(11)12(7)6/h7H,1-6H3. The number of hydrogen-bond acceptors (Lipinski definition) is 1. The molecule has 0 radical (unpaired) electrons. The topological polar surface area (TPSA) is 17.1 Å². The second-order valence-electron chi connectivity index (χ2n) is 4.94. The first-order valence-electron chi connectivity index (χ1n) is 4.50. The van der Waals surface area contributed by atoms with Crippen molar-refractivity contribution in [3.63, 3.8) is 0 Å². The average Bonchev–Trinajstić information content (AvgIpc) is 2.05. The predicted molar refractivity (Wildman–Crippen MR) is 54.9 cm³/mol.